The molecule has 112 valence electrons. The third kappa shape index (κ3) is 2.91. The van der Waals surface area contributed by atoms with Crippen molar-refractivity contribution in [1.29, 1.82) is 0 Å². The van der Waals surface area contributed by atoms with E-state index in [0.29, 0.717) is 8.78 Å². The molecular weight excluding hydrogens is 371 g/mol. The summed E-state index contributed by atoms with van der Waals surface area (Å²) >= 11 is 3.04. The van der Waals surface area contributed by atoms with E-state index in [0.717, 1.165) is 31.3 Å². The Bertz CT molecular complexity index is 776. The zero-order valence-electron chi connectivity index (χ0n) is 10.6. The van der Waals surface area contributed by atoms with Gasteiger partial charge in [-0.25, -0.2) is 21.6 Å². The van der Waals surface area contributed by atoms with Crippen LogP contribution < -0.4 is 4.31 Å². The zero-order valence-corrected chi connectivity index (χ0v) is 13.1. The lowest BCUT2D eigenvalue weighted by Gasteiger charge is -2.20. The highest BCUT2D eigenvalue weighted by atomic mass is 79.9. The summed E-state index contributed by atoms with van der Waals surface area (Å²) in [5, 5.41) is 0. The molecule has 0 aliphatic rings. The summed E-state index contributed by atoms with van der Waals surface area (Å²) < 4.78 is 66.6. The largest absolute Gasteiger partial charge is 0.270 e. The SMILES string of the molecule is CN(c1ccc(Br)cc1F)S(=O)(=O)c1c(F)cccc1F. The Morgan fingerprint density at radius 2 is 1.57 bits per heavy atom. The maximum Gasteiger partial charge on any atom is 0.270 e. The molecule has 0 aliphatic carbocycles. The van der Waals surface area contributed by atoms with Crippen molar-refractivity contribution in [3.8, 4) is 0 Å². The van der Waals surface area contributed by atoms with Crippen molar-refractivity contribution in [3.05, 3.63) is 58.3 Å². The van der Waals surface area contributed by atoms with Crippen molar-refractivity contribution in [1.82, 2.24) is 0 Å². The van der Waals surface area contributed by atoms with Gasteiger partial charge in [-0.2, -0.15) is 0 Å². The van der Waals surface area contributed by atoms with Gasteiger partial charge in [-0.3, -0.25) is 4.31 Å². The topological polar surface area (TPSA) is 37.4 Å². The third-order valence-corrected chi connectivity index (χ3v) is 5.10. The molecule has 0 spiro atoms. The third-order valence-electron chi connectivity index (χ3n) is 2.79. The second-order valence-electron chi connectivity index (χ2n) is 4.12. The van der Waals surface area contributed by atoms with E-state index in [2.05, 4.69) is 15.9 Å². The monoisotopic (exact) mass is 379 g/mol. The van der Waals surface area contributed by atoms with Crippen LogP contribution in [0.4, 0.5) is 18.9 Å². The van der Waals surface area contributed by atoms with Gasteiger partial charge in [0.1, 0.15) is 17.5 Å². The fraction of sp³-hybridized carbons (Fsp3) is 0.0769. The number of benzene rings is 2. The first-order valence-corrected chi connectivity index (χ1v) is 7.86. The van der Waals surface area contributed by atoms with Gasteiger partial charge >= 0.3 is 0 Å². The van der Waals surface area contributed by atoms with Gasteiger partial charge in [0, 0.05) is 11.5 Å². The smallest absolute Gasteiger partial charge is 0.266 e. The molecule has 0 bridgehead atoms. The lowest BCUT2D eigenvalue weighted by molar-refractivity contribution is 0.518. The van der Waals surface area contributed by atoms with Crippen LogP contribution in [0.2, 0.25) is 0 Å². The Morgan fingerprint density at radius 3 is 2.10 bits per heavy atom. The van der Waals surface area contributed by atoms with Crippen LogP contribution in [-0.4, -0.2) is 15.5 Å². The van der Waals surface area contributed by atoms with E-state index in [4.69, 9.17) is 0 Å². The number of hydrogen-bond acceptors (Lipinski definition) is 2. The lowest BCUT2D eigenvalue weighted by atomic mass is 10.3. The molecule has 2 aromatic carbocycles. The highest BCUT2D eigenvalue weighted by Crippen LogP contribution is 2.29. The number of halogens is 4. The highest BCUT2D eigenvalue weighted by molar-refractivity contribution is 9.10. The molecular formula is C13H9BrF3NO2S. The molecule has 0 radical (unpaired) electrons. The molecule has 0 amide bonds. The van der Waals surface area contributed by atoms with Crippen molar-refractivity contribution in [2.45, 2.75) is 4.90 Å². The maximum absolute atomic E-state index is 13.8. The minimum Gasteiger partial charge on any atom is -0.266 e. The van der Waals surface area contributed by atoms with E-state index < -0.39 is 32.4 Å². The Kier molecular flexibility index (Phi) is 4.29. The summed E-state index contributed by atoms with van der Waals surface area (Å²) in [5.74, 6) is -3.31. The number of nitrogens with zero attached hydrogens (tertiary/aromatic N) is 1. The van der Waals surface area contributed by atoms with E-state index in [1.807, 2.05) is 0 Å². The first-order chi connectivity index (χ1) is 9.75. The van der Waals surface area contributed by atoms with E-state index in [1.165, 1.54) is 12.1 Å². The number of sulfonamides is 1. The first-order valence-electron chi connectivity index (χ1n) is 5.63. The normalized spacial score (nSPS) is 11.5. The van der Waals surface area contributed by atoms with Crippen molar-refractivity contribution in [3.63, 3.8) is 0 Å². The van der Waals surface area contributed by atoms with Gasteiger partial charge in [0.05, 0.1) is 5.69 Å². The standard InChI is InChI=1S/C13H9BrF3NO2S/c1-18(12-6-5-8(14)7-11(12)17)21(19,20)13-9(15)3-2-4-10(13)16/h2-7H,1H3. The van der Waals surface area contributed by atoms with Crippen LogP contribution in [0, 0.1) is 17.5 Å². The highest BCUT2D eigenvalue weighted by Gasteiger charge is 2.29. The van der Waals surface area contributed by atoms with Gasteiger partial charge in [0.15, 0.2) is 4.90 Å². The second kappa shape index (κ2) is 5.69. The fourth-order valence-corrected chi connectivity index (χ4v) is 3.37. The molecule has 0 aliphatic heterocycles. The number of hydrogen-bond donors (Lipinski definition) is 0. The first kappa shape index (κ1) is 15.8. The Labute approximate surface area is 128 Å². The van der Waals surface area contributed by atoms with Gasteiger partial charge in [-0.05, 0) is 30.3 Å². The summed E-state index contributed by atoms with van der Waals surface area (Å²) in [7, 11) is -3.54. The Morgan fingerprint density at radius 1 is 1.00 bits per heavy atom. The van der Waals surface area contributed by atoms with Crippen molar-refractivity contribution in [2.75, 3.05) is 11.4 Å². The van der Waals surface area contributed by atoms with Crippen LogP contribution in [-0.2, 0) is 10.0 Å². The van der Waals surface area contributed by atoms with Gasteiger partial charge in [-0.1, -0.05) is 22.0 Å². The van der Waals surface area contributed by atoms with E-state index in [9.17, 15) is 21.6 Å². The van der Waals surface area contributed by atoms with Crippen molar-refractivity contribution in [2.24, 2.45) is 0 Å². The lowest BCUT2D eigenvalue weighted by Crippen LogP contribution is -2.29. The summed E-state index contributed by atoms with van der Waals surface area (Å²) in [5.41, 5.74) is -0.319. The molecule has 3 nitrogen and oxygen atoms in total. The van der Waals surface area contributed by atoms with Crippen LogP contribution in [0.15, 0.2) is 45.8 Å². The summed E-state index contributed by atoms with van der Waals surface area (Å²) in [4.78, 5) is -1.12. The molecule has 0 saturated heterocycles. The minimum absolute atomic E-state index is 0.319. The number of rotatable bonds is 3. The number of anilines is 1. The van der Waals surface area contributed by atoms with Crippen LogP contribution in [0.5, 0.6) is 0 Å². The summed E-state index contributed by atoms with van der Waals surface area (Å²) in [6, 6.07) is 6.35. The molecule has 8 heteroatoms. The predicted molar refractivity (Wildman–Crippen MR) is 76.0 cm³/mol. The average molecular weight is 380 g/mol. The van der Waals surface area contributed by atoms with E-state index in [-0.39, 0.29) is 5.69 Å². The molecule has 0 saturated carbocycles. The van der Waals surface area contributed by atoms with Crippen LogP contribution in [0.3, 0.4) is 0 Å². The Hall–Kier alpha value is -1.54. The molecule has 0 N–H and O–H groups in total. The molecule has 2 aromatic rings. The molecule has 21 heavy (non-hydrogen) atoms. The van der Waals surface area contributed by atoms with Crippen LogP contribution >= 0.6 is 15.9 Å². The molecule has 0 atom stereocenters. The molecule has 0 fully saturated rings. The summed E-state index contributed by atoms with van der Waals surface area (Å²) in [6.07, 6.45) is 0. The second-order valence-corrected chi connectivity index (χ2v) is 6.94. The van der Waals surface area contributed by atoms with Gasteiger partial charge in [-0.15, -0.1) is 0 Å². The van der Waals surface area contributed by atoms with E-state index >= 15 is 0 Å². The van der Waals surface area contributed by atoms with Gasteiger partial charge < -0.3 is 0 Å². The Balaban J connectivity index is 2.58. The summed E-state index contributed by atoms with van der Waals surface area (Å²) in [6.45, 7) is 0. The average Bonchev–Trinajstić information content (AvgIpc) is 2.37. The molecule has 0 aromatic heterocycles. The zero-order chi connectivity index (χ0) is 15.8. The van der Waals surface area contributed by atoms with E-state index in [1.54, 1.807) is 0 Å². The molecule has 0 unspecified atom stereocenters. The van der Waals surface area contributed by atoms with Crippen molar-refractivity contribution < 1.29 is 21.6 Å². The predicted octanol–water partition coefficient (Wildman–Crippen LogP) is 3.69. The maximum atomic E-state index is 13.8. The molecule has 2 rings (SSSR count). The quantitative estimate of drug-likeness (QED) is 0.815. The molecule has 0 heterocycles. The van der Waals surface area contributed by atoms with Crippen molar-refractivity contribution >= 4 is 31.6 Å². The van der Waals surface area contributed by atoms with Crippen LogP contribution in [0.1, 0.15) is 0 Å². The van der Waals surface area contributed by atoms with Gasteiger partial charge in [0.2, 0.25) is 0 Å². The van der Waals surface area contributed by atoms with Crippen LogP contribution in [0.25, 0.3) is 0 Å². The van der Waals surface area contributed by atoms with Gasteiger partial charge in [0.25, 0.3) is 10.0 Å². The fourth-order valence-electron chi connectivity index (χ4n) is 1.73. The minimum atomic E-state index is -4.56.